The van der Waals surface area contributed by atoms with Crippen molar-refractivity contribution >= 4 is 0 Å². The monoisotopic (exact) mass is 348 g/mol. The smallest absolute Gasteiger partial charge is 0.130 e. The lowest BCUT2D eigenvalue weighted by Crippen LogP contribution is -2.27. The van der Waals surface area contributed by atoms with Crippen molar-refractivity contribution in [2.45, 2.75) is 19.1 Å². The molecule has 1 aliphatic heterocycles. The van der Waals surface area contributed by atoms with Gasteiger partial charge in [-0.1, -0.05) is 12.1 Å². The molecule has 3 aromatic rings. The third kappa shape index (κ3) is 3.68. The fraction of sp³-hybridized carbons (Fsp3) is 0.238. The van der Waals surface area contributed by atoms with Gasteiger partial charge in [-0.25, -0.2) is 0 Å². The summed E-state index contributed by atoms with van der Waals surface area (Å²) in [6, 6.07) is 15.2. The van der Waals surface area contributed by atoms with Crippen LogP contribution in [0.25, 0.3) is 0 Å². The normalized spacial score (nSPS) is 18.7. The molecule has 0 amide bonds. The predicted molar refractivity (Wildman–Crippen MR) is 96.9 cm³/mol. The van der Waals surface area contributed by atoms with Gasteiger partial charge in [0, 0.05) is 30.1 Å². The first-order valence-corrected chi connectivity index (χ1v) is 8.66. The Labute approximate surface area is 152 Å². The average molecular weight is 348 g/mol. The summed E-state index contributed by atoms with van der Waals surface area (Å²) in [5.74, 6) is 1.39. The molecule has 4 rings (SSSR count). The summed E-state index contributed by atoms with van der Waals surface area (Å²) in [4.78, 5) is 8.39. The van der Waals surface area contributed by atoms with Crippen LogP contribution < -0.4 is 9.47 Å². The highest BCUT2D eigenvalue weighted by molar-refractivity contribution is 5.43. The zero-order valence-corrected chi connectivity index (χ0v) is 14.3. The number of nitrogens with zero attached hydrogens (tertiary/aromatic N) is 2. The van der Waals surface area contributed by atoms with Crippen LogP contribution in [0.2, 0.25) is 0 Å². The van der Waals surface area contributed by atoms with Gasteiger partial charge in [-0.2, -0.15) is 0 Å². The van der Waals surface area contributed by atoms with E-state index in [-0.39, 0.29) is 5.92 Å². The second-order valence-corrected chi connectivity index (χ2v) is 6.39. The summed E-state index contributed by atoms with van der Waals surface area (Å²) in [5, 5.41) is 10.8. The first-order chi connectivity index (χ1) is 12.8. The van der Waals surface area contributed by atoms with E-state index >= 15 is 0 Å². The number of ether oxygens (including phenoxy) is 2. The molecule has 5 heteroatoms. The topological polar surface area (TPSA) is 64.5 Å². The Kier molecular flexibility index (Phi) is 4.80. The number of aliphatic hydroxyl groups is 1. The molecule has 1 aliphatic rings. The lowest BCUT2D eigenvalue weighted by molar-refractivity contribution is 0.0504. The minimum atomic E-state index is -0.600. The molecule has 26 heavy (non-hydrogen) atoms. The molecule has 0 spiro atoms. The van der Waals surface area contributed by atoms with Crippen LogP contribution in [0.1, 0.15) is 22.9 Å². The summed E-state index contributed by atoms with van der Waals surface area (Å²) in [5.41, 5.74) is 2.71. The van der Waals surface area contributed by atoms with Gasteiger partial charge in [-0.3, -0.25) is 9.97 Å². The SMILES string of the molecule is O[C@H]1c2cc(OCc3ccccn3)ccc2OC[C@@H]1Cc1cccnc1. The fourth-order valence-electron chi connectivity index (χ4n) is 3.15. The first kappa shape index (κ1) is 16.5. The summed E-state index contributed by atoms with van der Waals surface area (Å²) in [6.07, 6.45) is 5.43. The van der Waals surface area contributed by atoms with Gasteiger partial charge in [0.05, 0.1) is 18.4 Å². The van der Waals surface area contributed by atoms with E-state index < -0.39 is 6.10 Å². The Bertz CT molecular complexity index is 856. The molecule has 5 nitrogen and oxygen atoms in total. The molecule has 0 saturated carbocycles. The number of aromatic nitrogens is 2. The van der Waals surface area contributed by atoms with Gasteiger partial charge in [0.1, 0.15) is 18.1 Å². The van der Waals surface area contributed by atoms with Crippen LogP contribution >= 0.6 is 0 Å². The van der Waals surface area contributed by atoms with Crippen molar-refractivity contribution in [2.75, 3.05) is 6.61 Å². The van der Waals surface area contributed by atoms with Gasteiger partial charge in [0.2, 0.25) is 0 Å². The Morgan fingerprint density at radius 1 is 1.12 bits per heavy atom. The third-order valence-corrected chi connectivity index (χ3v) is 4.53. The van der Waals surface area contributed by atoms with E-state index in [0.717, 1.165) is 16.8 Å². The summed E-state index contributed by atoms with van der Waals surface area (Å²) in [6.45, 7) is 0.868. The Morgan fingerprint density at radius 3 is 2.88 bits per heavy atom. The molecule has 132 valence electrons. The lowest BCUT2D eigenvalue weighted by Gasteiger charge is -2.30. The van der Waals surface area contributed by atoms with E-state index in [9.17, 15) is 5.11 Å². The van der Waals surface area contributed by atoms with E-state index in [1.807, 2.05) is 54.7 Å². The maximum Gasteiger partial charge on any atom is 0.130 e. The molecule has 0 aliphatic carbocycles. The Hall–Kier alpha value is -2.92. The van der Waals surface area contributed by atoms with Gasteiger partial charge < -0.3 is 14.6 Å². The Morgan fingerprint density at radius 2 is 2.08 bits per heavy atom. The second-order valence-electron chi connectivity index (χ2n) is 6.39. The van der Waals surface area contributed by atoms with Crippen molar-refractivity contribution in [1.29, 1.82) is 0 Å². The summed E-state index contributed by atoms with van der Waals surface area (Å²) < 4.78 is 11.7. The van der Waals surface area contributed by atoms with Crippen LogP contribution in [0, 0.1) is 5.92 Å². The van der Waals surface area contributed by atoms with Crippen LogP contribution in [0.4, 0.5) is 0 Å². The molecular weight excluding hydrogens is 328 g/mol. The number of hydrogen-bond acceptors (Lipinski definition) is 5. The highest BCUT2D eigenvalue weighted by atomic mass is 16.5. The largest absolute Gasteiger partial charge is 0.493 e. The van der Waals surface area contributed by atoms with Gasteiger partial charge in [0.25, 0.3) is 0 Å². The molecule has 0 unspecified atom stereocenters. The Balaban J connectivity index is 1.48. The fourth-order valence-corrected chi connectivity index (χ4v) is 3.15. The van der Waals surface area contributed by atoms with Crippen LogP contribution in [-0.4, -0.2) is 21.7 Å². The highest BCUT2D eigenvalue weighted by Crippen LogP contribution is 2.38. The lowest BCUT2D eigenvalue weighted by atomic mass is 9.88. The molecule has 2 atom stereocenters. The molecule has 0 bridgehead atoms. The number of fused-ring (bicyclic) bond motifs is 1. The van der Waals surface area contributed by atoms with Crippen LogP contribution in [0.15, 0.2) is 67.1 Å². The number of aliphatic hydroxyl groups excluding tert-OH is 1. The number of benzene rings is 1. The van der Waals surface area contributed by atoms with E-state index in [4.69, 9.17) is 9.47 Å². The van der Waals surface area contributed by atoms with E-state index in [1.165, 1.54) is 0 Å². The standard InChI is InChI=1S/C21H20N2O3/c24-21-16(10-15-4-3-8-22-12-15)13-26-20-7-6-18(11-19(20)21)25-14-17-5-1-2-9-23-17/h1-9,11-12,16,21,24H,10,13-14H2/t16-,21+/m0/s1. The van der Waals surface area contributed by atoms with Crippen molar-refractivity contribution in [1.82, 2.24) is 9.97 Å². The van der Waals surface area contributed by atoms with Crippen molar-refractivity contribution in [3.05, 3.63) is 83.9 Å². The molecular formula is C21H20N2O3. The zero-order valence-electron chi connectivity index (χ0n) is 14.3. The van der Waals surface area contributed by atoms with Crippen molar-refractivity contribution < 1.29 is 14.6 Å². The van der Waals surface area contributed by atoms with Crippen molar-refractivity contribution in [2.24, 2.45) is 5.92 Å². The zero-order chi connectivity index (χ0) is 17.8. The first-order valence-electron chi connectivity index (χ1n) is 8.66. The predicted octanol–water partition coefficient (Wildman–Crippen LogP) is 3.34. The summed E-state index contributed by atoms with van der Waals surface area (Å²) in [7, 11) is 0. The third-order valence-electron chi connectivity index (χ3n) is 4.53. The van der Waals surface area contributed by atoms with Gasteiger partial charge >= 0.3 is 0 Å². The molecule has 2 aromatic heterocycles. The molecule has 0 fully saturated rings. The molecule has 0 radical (unpaired) electrons. The molecule has 0 saturated heterocycles. The average Bonchev–Trinajstić information content (AvgIpc) is 2.70. The molecule has 1 aromatic carbocycles. The van der Waals surface area contributed by atoms with Gasteiger partial charge in [0.15, 0.2) is 0 Å². The number of rotatable bonds is 5. The minimum Gasteiger partial charge on any atom is -0.493 e. The van der Waals surface area contributed by atoms with E-state index in [1.54, 1.807) is 12.4 Å². The maximum absolute atomic E-state index is 10.8. The quantitative estimate of drug-likeness (QED) is 0.766. The van der Waals surface area contributed by atoms with Crippen molar-refractivity contribution in [3.8, 4) is 11.5 Å². The van der Waals surface area contributed by atoms with Crippen molar-refractivity contribution in [3.63, 3.8) is 0 Å². The number of hydrogen-bond donors (Lipinski definition) is 1. The second kappa shape index (κ2) is 7.54. The molecule has 1 N–H and O–H groups in total. The number of pyridine rings is 2. The van der Waals surface area contributed by atoms with E-state index in [2.05, 4.69) is 9.97 Å². The van der Waals surface area contributed by atoms with Crippen LogP contribution in [0.3, 0.4) is 0 Å². The van der Waals surface area contributed by atoms with Gasteiger partial charge in [-0.15, -0.1) is 0 Å². The minimum absolute atomic E-state index is 0.0160. The molecule has 3 heterocycles. The maximum atomic E-state index is 10.8. The highest BCUT2D eigenvalue weighted by Gasteiger charge is 2.30. The van der Waals surface area contributed by atoms with Crippen LogP contribution in [-0.2, 0) is 13.0 Å². The van der Waals surface area contributed by atoms with Gasteiger partial charge in [-0.05, 0) is 48.4 Å². The van der Waals surface area contributed by atoms with Crippen LogP contribution in [0.5, 0.6) is 11.5 Å². The van der Waals surface area contributed by atoms with E-state index in [0.29, 0.717) is 31.1 Å². The summed E-state index contributed by atoms with van der Waals surface area (Å²) >= 11 is 0.